The van der Waals surface area contributed by atoms with Crippen LogP contribution in [0.25, 0.3) is 38.9 Å². The Kier molecular flexibility index (Phi) is 5.47. The minimum Gasteiger partial charge on any atom is -0.366 e. The molecule has 0 saturated carbocycles. The number of nitrogens with two attached hydrogens (primary N) is 1. The molecule has 3 N–H and O–H groups in total. The van der Waals surface area contributed by atoms with E-state index < -0.39 is 0 Å². The number of fused-ring (bicyclic) bond motifs is 1. The molecule has 5 aromatic rings. The van der Waals surface area contributed by atoms with Gasteiger partial charge in [-0.05, 0) is 55.1 Å². The van der Waals surface area contributed by atoms with Crippen molar-refractivity contribution in [3.8, 4) is 22.4 Å². The fourth-order valence-electron chi connectivity index (χ4n) is 6.17. The van der Waals surface area contributed by atoms with Gasteiger partial charge >= 0.3 is 6.03 Å². The molecule has 0 atom stereocenters. The first-order chi connectivity index (χ1) is 18.6. The van der Waals surface area contributed by atoms with Crippen LogP contribution in [0, 0.1) is 11.7 Å². The summed E-state index contributed by atoms with van der Waals surface area (Å²) in [5, 5.41) is 0.854. The number of halogens is 1. The van der Waals surface area contributed by atoms with Crippen LogP contribution in [0.4, 0.5) is 9.18 Å². The largest absolute Gasteiger partial charge is 0.366 e. The number of H-pyrrole nitrogens is 1. The smallest absolute Gasteiger partial charge is 0.320 e. The van der Waals surface area contributed by atoms with Crippen molar-refractivity contribution < 1.29 is 9.18 Å². The topological polar surface area (TPSA) is 87.6 Å². The van der Waals surface area contributed by atoms with E-state index in [-0.39, 0.29) is 11.8 Å². The maximum absolute atomic E-state index is 15.1. The molecule has 38 heavy (non-hydrogen) atoms. The molecule has 1 aromatic carbocycles. The second kappa shape index (κ2) is 9.02. The minimum absolute atomic E-state index is 0.0318. The van der Waals surface area contributed by atoms with Crippen molar-refractivity contribution in [3.63, 3.8) is 0 Å². The highest BCUT2D eigenvalue weighted by Crippen LogP contribution is 2.40. The molecule has 4 aromatic heterocycles. The molecule has 2 aliphatic rings. The van der Waals surface area contributed by atoms with Crippen LogP contribution in [-0.4, -0.2) is 60.9 Å². The van der Waals surface area contributed by atoms with Crippen molar-refractivity contribution in [2.45, 2.75) is 25.9 Å². The molecule has 1 fully saturated rings. The Morgan fingerprint density at radius 1 is 1.05 bits per heavy atom. The number of rotatable bonds is 3. The summed E-state index contributed by atoms with van der Waals surface area (Å²) in [4.78, 5) is 25.0. The number of likely N-dealkylation sites (tertiary alicyclic amines) is 1. The number of hydrogen-bond donors (Lipinski definition) is 2. The SMILES string of the molecule is NCC1CCN(C(=O)N2CCn3cc(-c4c[nH]cc4-c4cnc5ccccn45)c4cc(F)cc(c43)C2)CC1. The van der Waals surface area contributed by atoms with Crippen molar-refractivity contribution in [2.24, 2.45) is 11.7 Å². The summed E-state index contributed by atoms with van der Waals surface area (Å²) >= 11 is 0. The molecular weight excluding hydrogens is 481 g/mol. The van der Waals surface area contributed by atoms with Crippen molar-refractivity contribution in [3.05, 3.63) is 72.7 Å². The van der Waals surface area contributed by atoms with Gasteiger partial charge in [-0.3, -0.25) is 4.40 Å². The number of benzene rings is 1. The third kappa shape index (κ3) is 3.68. The zero-order valence-electron chi connectivity index (χ0n) is 21.1. The van der Waals surface area contributed by atoms with E-state index in [4.69, 9.17) is 5.73 Å². The zero-order chi connectivity index (χ0) is 25.8. The van der Waals surface area contributed by atoms with Crippen LogP contribution in [0.1, 0.15) is 18.4 Å². The maximum Gasteiger partial charge on any atom is 0.320 e. The fraction of sp³-hybridized carbons (Fsp3) is 0.310. The van der Waals surface area contributed by atoms with Crippen LogP contribution >= 0.6 is 0 Å². The van der Waals surface area contributed by atoms with Crippen LogP contribution in [0.15, 0.2) is 61.3 Å². The van der Waals surface area contributed by atoms with E-state index in [1.54, 1.807) is 12.1 Å². The molecular formula is C29H30FN7O. The van der Waals surface area contributed by atoms with Crippen molar-refractivity contribution in [2.75, 3.05) is 26.2 Å². The third-order valence-electron chi connectivity index (χ3n) is 8.21. The monoisotopic (exact) mass is 511 g/mol. The number of hydrogen-bond acceptors (Lipinski definition) is 3. The quantitative estimate of drug-likeness (QED) is 0.368. The van der Waals surface area contributed by atoms with Crippen LogP contribution < -0.4 is 5.73 Å². The summed E-state index contributed by atoms with van der Waals surface area (Å²) in [5.41, 5.74) is 12.5. The van der Waals surface area contributed by atoms with E-state index in [2.05, 4.69) is 25.1 Å². The molecule has 0 aliphatic carbocycles. The first-order valence-corrected chi connectivity index (χ1v) is 13.3. The van der Waals surface area contributed by atoms with E-state index in [0.717, 1.165) is 70.4 Å². The minimum atomic E-state index is -0.295. The number of aromatic nitrogens is 4. The third-order valence-corrected chi connectivity index (χ3v) is 8.21. The molecule has 0 unspecified atom stereocenters. The lowest BCUT2D eigenvalue weighted by molar-refractivity contribution is 0.130. The highest BCUT2D eigenvalue weighted by Gasteiger charge is 2.29. The number of imidazole rings is 1. The molecule has 2 amide bonds. The second-order valence-electron chi connectivity index (χ2n) is 10.4. The number of amides is 2. The molecule has 1 saturated heterocycles. The van der Waals surface area contributed by atoms with Crippen LogP contribution in [-0.2, 0) is 13.1 Å². The lowest BCUT2D eigenvalue weighted by Gasteiger charge is -2.35. The summed E-state index contributed by atoms with van der Waals surface area (Å²) in [6.07, 6.45) is 11.8. The Morgan fingerprint density at radius 2 is 1.89 bits per heavy atom. The lowest BCUT2D eigenvalue weighted by atomic mass is 9.97. The predicted octanol–water partition coefficient (Wildman–Crippen LogP) is 4.70. The number of carbonyl (C=O) groups is 1. The molecule has 0 bridgehead atoms. The Hall–Kier alpha value is -4.11. The van der Waals surface area contributed by atoms with Gasteiger partial charge in [0.25, 0.3) is 0 Å². The number of nitrogens with one attached hydrogen (secondary N) is 1. The van der Waals surface area contributed by atoms with Gasteiger partial charge in [-0.25, -0.2) is 14.2 Å². The average molecular weight is 512 g/mol. The number of pyridine rings is 1. The number of aromatic amines is 1. The standard InChI is InChI=1S/C29H30FN7O/c30-21-11-20-17-36(29(38)34-7-4-19(13-31)5-8-34)10-9-35-18-25(22(12-21)28(20)35)23-14-32-15-24(23)26-16-33-27-3-1-2-6-37(26)27/h1-3,6,11-12,14-16,18-19,32H,4-5,7-10,13,17,31H2. The predicted molar refractivity (Wildman–Crippen MR) is 145 cm³/mol. The van der Waals surface area contributed by atoms with Crippen LogP contribution in [0.3, 0.4) is 0 Å². The summed E-state index contributed by atoms with van der Waals surface area (Å²) in [7, 11) is 0. The van der Waals surface area contributed by atoms with Gasteiger partial charge in [0, 0.05) is 79.6 Å². The highest BCUT2D eigenvalue weighted by molar-refractivity contribution is 6.01. The normalized spacial score (nSPS) is 16.5. The summed E-state index contributed by atoms with van der Waals surface area (Å²) in [6, 6.07) is 9.16. The molecule has 0 spiro atoms. The molecule has 8 nitrogen and oxygen atoms in total. The highest BCUT2D eigenvalue weighted by atomic mass is 19.1. The fourth-order valence-corrected chi connectivity index (χ4v) is 6.17. The van der Waals surface area contributed by atoms with Gasteiger partial charge in [-0.15, -0.1) is 0 Å². The average Bonchev–Trinajstić information content (AvgIpc) is 3.64. The Balaban J connectivity index is 1.26. The number of nitrogens with zero attached hydrogens (tertiary/aromatic N) is 5. The van der Waals surface area contributed by atoms with E-state index in [1.807, 2.05) is 52.8 Å². The van der Waals surface area contributed by atoms with Crippen molar-refractivity contribution in [1.82, 2.24) is 28.7 Å². The van der Waals surface area contributed by atoms with E-state index >= 15 is 4.39 Å². The molecule has 6 heterocycles. The second-order valence-corrected chi connectivity index (χ2v) is 10.4. The molecule has 7 rings (SSSR count). The summed E-state index contributed by atoms with van der Waals surface area (Å²) in [5.74, 6) is 0.195. The van der Waals surface area contributed by atoms with Crippen molar-refractivity contribution in [1.29, 1.82) is 0 Å². The van der Waals surface area contributed by atoms with Crippen LogP contribution in [0.5, 0.6) is 0 Å². The van der Waals surface area contributed by atoms with E-state index in [9.17, 15) is 4.79 Å². The van der Waals surface area contributed by atoms with Crippen molar-refractivity contribution >= 4 is 22.6 Å². The maximum atomic E-state index is 15.1. The summed E-state index contributed by atoms with van der Waals surface area (Å²) < 4.78 is 19.3. The van der Waals surface area contributed by atoms with E-state index in [0.29, 0.717) is 32.1 Å². The number of carbonyl (C=O) groups excluding carboxylic acids is 1. The van der Waals surface area contributed by atoms with Gasteiger partial charge < -0.3 is 25.1 Å². The Bertz CT molecular complexity index is 1660. The van der Waals surface area contributed by atoms with E-state index in [1.165, 1.54) is 0 Å². The van der Waals surface area contributed by atoms with Gasteiger partial charge in [-0.2, -0.15) is 0 Å². The lowest BCUT2D eigenvalue weighted by Crippen LogP contribution is -2.47. The van der Waals surface area contributed by atoms with Crippen LogP contribution in [0.2, 0.25) is 0 Å². The molecule has 0 radical (unpaired) electrons. The van der Waals surface area contributed by atoms with Gasteiger partial charge in [0.1, 0.15) is 11.5 Å². The zero-order valence-corrected chi connectivity index (χ0v) is 21.1. The number of urea groups is 1. The van der Waals surface area contributed by atoms with Gasteiger partial charge in [0.15, 0.2) is 0 Å². The van der Waals surface area contributed by atoms with Gasteiger partial charge in [0.2, 0.25) is 0 Å². The Labute approximate surface area is 219 Å². The molecule has 9 heteroatoms. The van der Waals surface area contributed by atoms with Gasteiger partial charge in [-0.1, -0.05) is 6.07 Å². The molecule has 194 valence electrons. The molecule has 2 aliphatic heterocycles. The van der Waals surface area contributed by atoms with Gasteiger partial charge in [0.05, 0.1) is 17.4 Å². The number of piperidine rings is 1. The summed E-state index contributed by atoms with van der Waals surface area (Å²) in [6.45, 7) is 3.74. The first kappa shape index (κ1) is 23.0. The first-order valence-electron chi connectivity index (χ1n) is 13.3. The Morgan fingerprint density at radius 3 is 2.74 bits per heavy atom.